The summed E-state index contributed by atoms with van der Waals surface area (Å²) < 4.78 is 0. The SMILES string of the molecule is Cc1cc(C)cc(NC(=O)c2cncc(C(=O)NC(C)(C)C)c2)c1. The van der Waals surface area contributed by atoms with E-state index in [4.69, 9.17) is 0 Å². The number of rotatable bonds is 3. The third kappa shape index (κ3) is 4.91. The molecule has 0 bridgehead atoms. The predicted octanol–water partition coefficient (Wildman–Crippen LogP) is 3.48. The average Bonchev–Trinajstić information content (AvgIpc) is 2.44. The van der Waals surface area contributed by atoms with Crippen molar-refractivity contribution in [2.75, 3.05) is 5.32 Å². The number of hydrogen-bond acceptors (Lipinski definition) is 3. The van der Waals surface area contributed by atoms with E-state index in [0.717, 1.165) is 16.8 Å². The summed E-state index contributed by atoms with van der Waals surface area (Å²) in [4.78, 5) is 28.6. The number of benzene rings is 1. The van der Waals surface area contributed by atoms with Crippen molar-refractivity contribution >= 4 is 17.5 Å². The van der Waals surface area contributed by atoms with Crippen LogP contribution in [0.4, 0.5) is 5.69 Å². The molecule has 0 atom stereocenters. The minimum Gasteiger partial charge on any atom is -0.347 e. The van der Waals surface area contributed by atoms with Gasteiger partial charge in [-0.2, -0.15) is 0 Å². The quantitative estimate of drug-likeness (QED) is 0.907. The first-order valence-corrected chi connectivity index (χ1v) is 7.81. The summed E-state index contributed by atoms with van der Waals surface area (Å²) in [6.45, 7) is 9.64. The number of nitrogens with one attached hydrogen (secondary N) is 2. The lowest BCUT2D eigenvalue weighted by Gasteiger charge is -2.20. The lowest BCUT2D eigenvalue weighted by molar-refractivity contribution is 0.0919. The molecule has 0 fully saturated rings. The molecule has 5 nitrogen and oxygen atoms in total. The van der Waals surface area contributed by atoms with Crippen LogP contribution < -0.4 is 10.6 Å². The van der Waals surface area contributed by atoms with Gasteiger partial charge >= 0.3 is 0 Å². The smallest absolute Gasteiger partial charge is 0.257 e. The number of pyridine rings is 1. The van der Waals surface area contributed by atoms with Crippen LogP contribution >= 0.6 is 0 Å². The van der Waals surface area contributed by atoms with Crippen LogP contribution in [0.15, 0.2) is 36.7 Å². The van der Waals surface area contributed by atoms with Gasteiger partial charge in [0.15, 0.2) is 0 Å². The molecule has 2 aromatic rings. The van der Waals surface area contributed by atoms with Crippen LogP contribution in [0.5, 0.6) is 0 Å². The first-order valence-electron chi connectivity index (χ1n) is 7.81. The number of anilines is 1. The molecule has 1 heterocycles. The summed E-state index contributed by atoms with van der Waals surface area (Å²) in [5, 5.41) is 5.70. The highest BCUT2D eigenvalue weighted by Crippen LogP contribution is 2.15. The predicted molar refractivity (Wildman–Crippen MR) is 95.3 cm³/mol. The molecule has 24 heavy (non-hydrogen) atoms. The van der Waals surface area contributed by atoms with Gasteiger partial charge in [0.1, 0.15) is 0 Å². The second-order valence-electron chi connectivity index (χ2n) is 7.00. The van der Waals surface area contributed by atoms with E-state index in [9.17, 15) is 9.59 Å². The fraction of sp³-hybridized carbons (Fsp3) is 0.316. The largest absolute Gasteiger partial charge is 0.347 e. The standard InChI is InChI=1S/C19H23N3O2/c1-12-6-13(2)8-16(7-12)21-17(23)14-9-15(11-20-10-14)18(24)22-19(3,4)5/h6-11H,1-5H3,(H,21,23)(H,22,24). The van der Waals surface area contributed by atoms with Crippen LogP contribution in [0.1, 0.15) is 52.6 Å². The van der Waals surface area contributed by atoms with E-state index >= 15 is 0 Å². The molecular weight excluding hydrogens is 302 g/mol. The van der Waals surface area contributed by atoms with Crippen molar-refractivity contribution in [2.45, 2.75) is 40.2 Å². The zero-order valence-electron chi connectivity index (χ0n) is 14.7. The maximum Gasteiger partial charge on any atom is 0.257 e. The first kappa shape index (κ1) is 17.7. The third-order valence-corrected chi connectivity index (χ3v) is 3.23. The number of amides is 2. The number of nitrogens with zero attached hydrogens (tertiary/aromatic N) is 1. The zero-order valence-corrected chi connectivity index (χ0v) is 14.7. The molecule has 2 amide bonds. The fourth-order valence-corrected chi connectivity index (χ4v) is 2.35. The van der Waals surface area contributed by atoms with Crippen LogP contribution in [0.2, 0.25) is 0 Å². The molecule has 1 aromatic carbocycles. The summed E-state index contributed by atoms with van der Waals surface area (Å²) in [6.07, 6.45) is 2.90. The molecule has 0 unspecified atom stereocenters. The van der Waals surface area contributed by atoms with Crippen molar-refractivity contribution in [3.63, 3.8) is 0 Å². The minimum atomic E-state index is -0.353. The normalized spacial score (nSPS) is 11.0. The third-order valence-electron chi connectivity index (χ3n) is 3.23. The average molecular weight is 325 g/mol. The van der Waals surface area contributed by atoms with Crippen LogP contribution in [0.3, 0.4) is 0 Å². The van der Waals surface area contributed by atoms with Crippen molar-refractivity contribution in [3.05, 3.63) is 58.9 Å². The fourth-order valence-electron chi connectivity index (χ4n) is 2.35. The van der Waals surface area contributed by atoms with Gasteiger partial charge in [0.05, 0.1) is 11.1 Å². The Morgan fingerprint density at radius 1 is 0.875 bits per heavy atom. The Morgan fingerprint density at radius 3 is 1.96 bits per heavy atom. The molecule has 0 aliphatic rings. The van der Waals surface area contributed by atoms with Crippen molar-refractivity contribution in [2.24, 2.45) is 0 Å². The molecule has 5 heteroatoms. The summed E-state index contributed by atoms with van der Waals surface area (Å²) in [7, 11) is 0. The Kier molecular flexibility index (Phi) is 5.02. The number of aromatic nitrogens is 1. The van der Waals surface area contributed by atoms with Gasteiger partial charge in [-0.1, -0.05) is 6.07 Å². The molecule has 2 N–H and O–H groups in total. The molecule has 1 aromatic heterocycles. The summed E-state index contributed by atoms with van der Waals surface area (Å²) in [5.74, 6) is -0.547. The Hall–Kier alpha value is -2.69. The molecule has 0 radical (unpaired) electrons. The molecule has 0 aliphatic carbocycles. The van der Waals surface area contributed by atoms with E-state index in [1.165, 1.54) is 12.4 Å². The number of carbonyl (C=O) groups excluding carboxylic acids is 2. The van der Waals surface area contributed by atoms with E-state index in [1.54, 1.807) is 6.07 Å². The summed E-state index contributed by atoms with van der Waals surface area (Å²) >= 11 is 0. The molecule has 0 saturated carbocycles. The highest BCUT2D eigenvalue weighted by molar-refractivity contribution is 6.06. The van der Waals surface area contributed by atoms with E-state index in [2.05, 4.69) is 15.6 Å². The Morgan fingerprint density at radius 2 is 1.42 bits per heavy atom. The van der Waals surface area contributed by atoms with Crippen LogP contribution in [0.25, 0.3) is 0 Å². The van der Waals surface area contributed by atoms with E-state index in [-0.39, 0.29) is 17.4 Å². The lowest BCUT2D eigenvalue weighted by Crippen LogP contribution is -2.40. The van der Waals surface area contributed by atoms with Crippen LogP contribution in [-0.4, -0.2) is 22.3 Å². The Labute approximate surface area is 142 Å². The number of hydrogen-bond donors (Lipinski definition) is 2. The monoisotopic (exact) mass is 325 g/mol. The molecule has 0 saturated heterocycles. The van der Waals surface area contributed by atoms with Crippen molar-refractivity contribution in [1.82, 2.24) is 10.3 Å². The summed E-state index contributed by atoms with van der Waals surface area (Å²) in [5.41, 5.74) is 3.22. The van der Waals surface area contributed by atoms with Gasteiger partial charge in [-0.3, -0.25) is 14.6 Å². The van der Waals surface area contributed by atoms with Gasteiger partial charge in [0.2, 0.25) is 0 Å². The van der Waals surface area contributed by atoms with Gasteiger partial charge in [0, 0.05) is 23.6 Å². The van der Waals surface area contributed by atoms with Crippen molar-refractivity contribution in [1.29, 1.82) is 0 Å². The summed E-state index contributed by atoms with van der Waals surface area (Å²) in [6, 6.07) is 7.38. The second-order valence-corrected chi connectivity index (χ2v) is 7.00. The maximum absolute atomic E-state index is 12.4. The second kappa shape index (κ2) is 6.83. The van der Waals surface area contributed by atoms with Gasteiger partial charge < -0.3 is 10.6 Å². The van der Waals surface area contributed by atoms with E-state index < -0.39 is 0 Å². The van der Waals surface area contributed by atoms with E-state index in [1.807, 2.05) is 52.8 Å². The van der Waals surface area contributed by atoms with Gasteiger partial charge in [0.25, 0.3) is 11.8 Å². The molecule has 2 rings (SSSR count). The lowest BCUT2D eigenvalue weighted by atomic mass is 10.1. The van der Waals surface area contributed by atoms with Crippen molar-refractivity contribution in [3.8, 4) is 0 Å². The first-order chi connectivity index (χ1) is 11.1. The highest BCUT2D eigenvalue weighted by Gasteiger charge is 2.17. The highest BCUT2D eigenvalue weighted by atomic mass is 16.2. The van der Waals surface area contributed by atoms with Crippen LogP contribution in [-0.2, 0) is 0 Å². The maximum atomic E-state index is 12.4. The number of carbonyl (C=O) groups is 2. The van der Waals surface area contributed by atoms with Gasteiger partial charge in [-0.25, -0.2) is 0 Å². The Balaban J connectivity index is 2.18. The number of aryl methyl sites for hydroxylation is 2. The molecule has 0 spiro atoms. The van der Waals surface area contributed by atoms with E-state index in [0.29, 0.717) is 11.1 Å². The molecule has 126 valence electrons. The van der Waals surface area contributed by atoms with Crippen molar-refractivity contribution < 1.29 is 9.59 Å². The van der Waals surface area contributed by atoms with Crippen LogP contribution in [0, 0.1) is 13.8 Å². The minimum absolute atomic E-state index is 0.254. The van der Waals surface area contributed by atoms with Gasteiger partial charge in [-0.15, -0.1) is 0 Å². The zero-order chi connectivity index (χ0) is 17.9. The Bertz CT molecular complexity index is 756. The van der Waals surface area contributed by atoms with Gasteiger partial charge in [-0.05, 0) is 63.9 Å². The molecular formula is C19H23N3O2. The molecule has 0 aliphatic heterocycles. The topological polar surface area (TPSA) is 71.1 Å².